The Kier molecular flexibility index (Phi) is 4.96. The molecule has 1 aliphatic carbocycles. The van der Waals surface area contributed by atoms with Crippen molar-refractivity contribution < 1.29 is 17.9 Å². The second-order valence-corrected chi connectivity index (χ2v) is 9.15. The van der Waals surface area contributed by atoms with Crippen LogP contribution in [0.2, 0.25) is 0 Å². The topological polar surface area (TPSA) is 84.5 Å². The van der Waals surface area contributed by atoms with Crippen molar-refractivity contribution in [2.75, 3.05) is 24.7 Å². The molecule has 0 radical (unpaired) electrons. The Balaban J connectivity index is 1.43. The summed E-state index contributed by atoms with van der Waals surface area (Å²) in [5.74, 6) is 0.287. The Hall–Kier alpha value is -1.08. The summed E-state index contributed by atoms with van der Waals surface area (Å²) >= 11 is 0. The van der Waals surface area contributed by atoms with Crippen molar-refractivity contribution >= 4 is 15.9 Å². The van der Waals surface area contributed by atoms with Crippen molar-refractivity contribution in [1.82, 2.24) is 10.6 Å². The van der Waals surface area contributed by atoms with Crippen LogP contribution in [0.4, 0.5) is 4.79 Å². The number of nitrogens with one attached hydrogen (secondary N) is 2. The molecule has 0 saturated carbocycles. The van der Waals surface area contributed by atoms with Gasteiger partial charge in [-0.15, -0.1) is 0 Å². The minimum absolute atomic E-state index is 0.0113. The van der Waals surface area contributed by atoms with Crippen LogP contribution in [0.25, 0.3) is 0 Å². The average molecular weight is 342 g/mol. The lowest BCUT2D eigenvalue weighted by Crippen LogP contribution is -2.51. The fourth-order valence-corrected chi connectivity index (χ4v) is 5.82. The van der Waals surface area contributed by atoms with Crippen LogP contribution >= 0.6 is 0 Å². The Bertz CT molecular complexity index is 587. The minimum Gasteiger partial charge on any atom is -0.374 e. The summed E-state index contributed by atoms with van der Waals surface area (Å²) in [4.78, 5) is 12.0. The number of urea groups is 1. The average Bonchev–Trinajstić information content (AvgIpc) is 3.07. The van der Waals surface area contributed by atoms with Crippen molar-refractivity contribution in [2.45, 2.75) is 56.6 Å². The molecule has 2 amide bonds. The van der Waals surface area contributed by atoms with Crippen LogP contribution in [0.5, 0.6) is 0 Å². The number of allylic oxidation sites excluding steroid dienone is 1. The van der Waals surface area contributed by atoms with Crippen LogP contribution < -0.4 is 10.6 Å². The number of sulfone groups is 1. The zero-order valence-corrected chi connectivity index (χ0v) is 14.3. The van der Waals surface area contributed by atoms with Crippen molar-refractivity contribution in [3.63, 3.8) is 0 Å². The molecule has 0 aromatic carbocycles. The Morgan fingerprint density at radius 3 is 3.00 bits per heavy atom. The summed E-state index contributed by atoms with van der Waals surface area (Å²) in [5, 5.41) is 5.88. The molecule has 6 nitrogen and oxygen atoms in total. The van der Waals surface area contributed by atoms with Crippen LogP contribution in [0.3, 0.4) is 0 Å². The van der Waals surface area contributed by atoms with E-state index in [4.69, 9.17) is 4.74 Å². The van der Waals surface area contributed by atoms with E-state index in [0.717, 1.165) is 25.7 Å². The van der Waals surface area contributed by atoms with Gasteiger partial charge in [0, 0.05) is 19.2 Å². The van der Waals surface area contributed by atoms with Crippen molar-refractivity contribution in [3.8, 4) is 0 Å². The number of hydrogen-bond acceptors (Lipinski definition) is 4. The highest BCUT2D eigenvalue weighted by Gasteiger charge is 2.46. The molecular weight excluding hydrogens is 316 g/mol. The third kappa shape index (κ3) is 4.47. The fourth-order valence-electron chi connectivity index (χ4n) is 3.85. The van der Waals surface area contributed by atoms with E-state index in [0.29, 0.717) is 26.0 Å². The van der Waals surface area contributed by atoms with Crippen LogP contribution in [0, 0.1) is 0 Å². The van der Waals surface area contributed by atoms with Gasteiger partial charge in [0.1, 0.15) is 0 Å². The predicted octanol–water partition coefficient (Wildman–Crippen LogP) is 1.52. The van der Waals surface area contributed by atoms with Crippen LogP contribution in [0.15, 0.2) is 11.6 Å². The van der Waals surface area contributed by atoms with Crippen LogP contribution in [-0.4, -0.2) is 50.7 Å². The molecule has 0 aromatic heterocycles. The van der Waals surface area contributed by atoms with Gasteiger partial charge in [-0.2, -0.15) is 0 Å². The summed E-state index contributed by atoms with van der Waals surface area (Å²) in [7, 11) is -2.99. The Morgan fingerprint density at radius 2 is 2.30 bits per heavy atom. The molecule has 2 heterocycles. The molecule has 1 spiro atoms. The first kappa shape index (κ1) is 16.8. The molecule has 23 heavy (non-hydrogen) atoms. The SMILES string of the molecule is O=C(NCCC1=CCCC1)N[C@@H]1CCO[C@@]2(CCS(=O)(=O)C2)C1. The second kappa shape index (κ2) is 6.81. The van der Waals surface area contributed by atoms with E-state index >= 15 is 0 Å². The van der Waals surface area contributed by atoms with Gasteiger partial charge in [0.2, 0.25) is 0 Å². The molecule has 130 valence electrons. The Morgan fingerprint density at radius 1 is 1.43 bits per heavy atom. The van der Waals surface area contributed by atoms with Gasteiger partial charge >= 0.3 is 6.03 Å². The molecule has 2 aliphatic heterocycles. The summed E-state index contributed by atoms with van der Waals surface area (Å²) in [5.41, 5.74) is 0.857. The van der Waals surface area contributed by atoms with E-state index < -0.39 is 15.4 Å². The molecule has 3 rings (SSSR count). The fraction of sp³-hybridized carbons (Fsp3) is 0.812. The normalized spacial score (nSPS) is 32.7. The first-order valence-electron chi connectivity index (χ1n) is 8.53. The third-order valence-electron chi connectivity index (χ3n) is 5.05. The first-order valence-corrected chi connectivity index (χ1v) is 10.4. The smallest absolute Gasteiger partial charge is 0.315 e. The summed E-state index contributed by atoms with van der Waals surface area (Å²) in [6, 6.07) is -0.172. The maximum absolute atomic E-state index is 12.0. The number of hydrogen-bond donors (Lipinski definition) is 2. The highest BCUT2D eigenvalue weighted by atomic mass is 32.2. The zero-order chi connectivity index (χ0) is 16.3. The van der Waals surface area contributed by atoms with E-state index in [9.17, 15) is 13.2 Å². The number of amides is 2. The molecule has 0 aromatic rings. The van der Waals surface area contributed by atoms with Crippen LogP contribution in [-0.2, 0) is 14.6 Å². The highest BCUT2D eigenvalue weighted by Crippen LogP contribution is 2.35. The quantitative estimate of drug-likeness (QED) is 0.759. The molecule has 0 bridgehead atoms. The summed E-state index contributed by atoms with van der Waals surface area (Å²) in [6.45, 7) is 1.16. The lowest BCUT2D eigenvalue weighted by atomic mass is 9.90. The van der Waals surface area contributed by atoms with Gasteiger partial charge in [-0.25, -0.2) is 13.2 Å². The molecule has 7 heteroatoms. The maximum Gasteiger partial charge on any atom is 0.315 e. The van der Waals surface area contributed by atoms with Crippen molar-refractivity contribution in [2.24, 2.45) is 0 Å². The number of carbonyl (C=O) groups excluding carboxylic acids is 1. The second-order valence-electron chi connectivity index (χ2n) is 6.97. The van der Waals surface area contributed by atoms with Gasteiger partial charge in [-0.05, 0) is 44.9 Å². The van der Waals surface area contributed by atoms with E-state index in [1.54, 1.807) is 0 Å². The highest BCUT2D eigenvalue weighted by molar-refractivity contribution is 7.91. The van der Waals surface area contributed by atoms with E-state index in [1.165, 1.54) is 12.0 Å². The zero-order valence-electron chi connectivity index (χ0n) is 13.5. The van der Waals surface area contributed by atoms with Crippen molar-refractivity contribution in [1.29, 1.82) is 0 Å². The lowest BCUT2D eigenvalue weighted by Gasteiger charge is -2.37. The molecule has 2 fully saturated rings. The lowest BCUT2D eigenvalue weighted by molar-refractivity contribution is -0.0687. The molecule has 2 atom stereocenters. The molecule has 0 unspecified atom stereocenters. The maximum atomic E-state index is 12.0. The standard InChI is InChI=1S/C16H26N2O4S/c19-15(17-8-5-13-3-1-2-4-13)18-14-6-9-22-16(11-14)7-10-23(20,21)12-16/h3,14H,1-2,4-12H2,(H2,17,18,19)/t14-,16+/m1/s1. The van der Waals surface area contributed by atoms with Crippen molar-refractivity contribution in [3.05, 3.63) is 11.6 Å². The number of carbonyl (C=O) groups is 1. The Labute approximate surface area is 138 Å². The van der Waals surface area contributed by atoms with Gasteiger partial charge in [0.05, 0.1) is 17.1 Å². The molecule has 2 N–H and O–H groups in total. The minimum atomic E-state index is -2.99. The van der Waals surface area contributed by atoms with Gasteiger partial charge in [-0.3, -0.25) is 0 Å². The summed E-state index contributed by atoms with van der Waals surface area (Å²) in [6.07, 6.45) is 8.60. The largest absolute Gasteiger partial charge is 0.374 e. The van der Waals surface area contributed by atoms with E-state index in [-0.39, 0.29) is 23.6 Å². The molecular formula is C16H26N2O4S. The van der Waals surface area contributed by atoms with Crippen LogP contribution in [0.1, 0.15) is 44.9 Å². The van der Waals surface area contributed by atoms with Gasteiger partial charge < -0.3 is 15.4 Å². The van der Waals surface area contributed by atoms with Gasteiger partial charge in [0.15, 0.2) is 9.84 Å². The molecule has 3 aliphatic rings. The molecule has 2 saturated heterocycles. The van der Waals surface area contributed by atoms with Gasteiger partial charge in [-0.1, -0.05) is 11.6 Å². The number of rotatable bonds is 4. The predicted molar refractivity (Wildman–Crippen MR) is 88.1 cm³/mol. The first-order chi connectivity index (χ1) is 11.0. The summed E-state index contributed by atoms with van der Waals surface area (Å²) < 4.78 is 29.2. The monoisotopic (exact) mass is 342 g/mol. The van der Waals surface area contributed by atoms with E-state index in [1.807, 2.05) is 0 Å². The van der Waals surface area contributed by atoms with E-state index in [2.05, 4.69) is 16.7 Å². The third-order valence-corrected chi connectivity index (χ3v) is 6.84. The van der Waals surface area contributed by atoms with Gasteiger partial charge in [0.25, 0.3) is 0 Å². The number of ether oxygens (including phenoxy) is 1.